The molecule has 0 atom stereocenters. The van der Waals surface area contributed by atoms with E-state index < -0.39 is 21.5 Å². The summed E-state index contributed by atoms with van der Waals surface area (Å²) in [4.78, 5) is 0.250. The number of halogens is 2. The van der Waals surface area contributed by atoms with Crippen molar-refractivity contribution in [2.24, 2.45) is 5.92 Å². The molecule has 2 aromatic carbocycles. The van der Waals surface area contributed by atoms with Crippen LogP contribution >= 0.6 is 0 Å². The highest BCUT2D eigenvalue weighted by atomic mass is 32.2. The first-order valence-corrected chi connectivity index (χ1v) is 10.5. The molecule has 1 aliphatic rings. The fourth-order valence-electron chi connectivity index (χ4n) is 3.59. The first-order chi connectivity index (χ1) is 12.4. The minimum atomic E-state index is -3.37. The summed E-state index contributed by atoms with van der Waals surface area (Å²) in [5.41, 5.74) is 0.775. The van der Waals surface area contributed by atoms with Crippen LogP contribution in [0.5, 0.6) is 0 Å². The molecule has 0 heterocycles. The van der Waals surface area contributed by atoms with Crippen LogP contribution in [0.4, 0.5) is 8.78 Å². The molecule has 6 heteroatoms. The Labute approximate surface area is 153 Å². The predicted octanol–water partition coefficient (Wildman–Crippen LogP) is 4.18. The smallest absolute Gasteiger partial charge is 0.178 e. The van der Waals surface area contributed by atoms with Crippen molar-refractivity contribution >= 4 is 9.84 Å². The minimum Gasteiger partial charge on any atom is -0.317 e. The Bertz CT molecular complexity index is 858. The lowest BCUT2D eigenvalue weighted by molar-refractivity contribution is 0.320. The van der Waals surface area contributed by atoms with Crippen molar-refractivity contribution < 1.29 is 17.2 Å². The minimum absolute atomic E-state index is 0.147. The molecule has 1 saturated carbocycles. The monoisotopic (exact) mass is 379 g/mol. The SMILES string of the molecule is CNC1CCC(CS(=O)(=O)c2ccc(-c3ccc(F)cc3F)cc2)CC1. The third-order valence-electron chi connectivity index (χ3n) is 5.17. The number of hydrogen-bond donors (Lipinski definition) is 1. The van der Waals surface area contributed by atoms with Gasteiger partial charge in [0.15, 0.2) is 9.84 Å². The number of hydrogen-bond acceptors (Lipinski definition) is 3. The molecule has 2 aromatic rings. The molecule has 1 aliphatic carbocycles. The Morgan fingerprint density at radius 3 is 2.23 bits per heavy atom. The van der Waals surface area contributed by atoms with Gasteiger partial charge in [-0.2, -0.15) is 0 Å². The molecule has 26 heavy (non-hydrogen) atoms. The Morgan fingerprint density at radius 1 is 1.00 bits per heavy atom. The van der Waals surface area contributed by atoms with Gasteiger partial charge in [-0.1, -0.05) is 12.1 Å². The molecule has 140 valence electrons. The highest BCUT2D eigenvalue weighted by Gasteiger charge is 2.26. The van der Waals surface area contributed by atoms with Crippen LogP contribution in [-0.4, -0.2) is 27.3 Å². The molecule has 0 amide bonds. The highest BCUT2D eigenvalue weighted by Crippen LogP contribution is 2.29. The van der Waals surface area contributed by atoms with Crippen LogP contribution in [0, 0.1) is 17.6 Å². The molecule has 0 unspecified atom stereocenters. The van der Waals surface area contributed by atoms with Crippen LogP contribution in [0.2, 0.25) is 0 Å². The Balaban J connectivity index is 1.73. The summed E-state index contributed by atoms with van der Waals surface area (Å²) < 4.78 is 52.3. The molecule has 3 nitrogen and oxygen atoms in total. The maximum atomic E-state index is 13.9. The lowest BCUT2D eigenvalue weighted by atomic mass is 9.87. The number of sulfone groups is 1. The molecule has 0 bridgehead atoms. The summed E-state index contributed by atoms with van der Waals surface area (Å²) in [7, 11) is -1.44. The lowest BCUT2D eigenvalue weighted by Gasteiger charge is -2.28. The average Bonchev–Trinajstić information content (AvgIpc) is 2.62. The van der Waals surface area contributed by atoms with Gasteiger partial charge in [0.25, 0.3) is 0 Å². The Morgan fingerprint density at radius 2 is 1.65 bits per heavy atom. The molecule has 1 fully saturated rings. The second-order valence-corrected chi connectivity index (χ2v) is 8.97. The van der Waals surface area contributed by atoms with Gasteiger partial charge >= 0.3 is 0 Å². The molecule has 1 N–H and O–H groups in total. The lowest BCUT2D eigenvalue weighted by Crippen LogP contribution is -2.32. The second kappa shape index (κ2) is 7.84. The van der Waals surface area contributed by atoms with Gasteiger partial charge in [0, 0.05) is 17.7 Å². The summed E-state index contributed by atoms with van der Waals surface area (Å²) in [6, 6.07) is 10.0. The largest absolute Gasteiger partial charge is 0.317 e. The normalized spacial score (nSPS) is 20.9. The van der Waals surface area contributed by atoms with Gasteiger partial charge in [-0.3, -0.25) is 0 Å². The first-order valence-electron chi connectivity index (χ1n) is 8.84. The highest BCUT2D eigenvalue weighted by molar-refractivity contribution is 7.91. The van der Waals surface area contributed by atoms with E-state index >= 15 is 0 Å². The summed E-state index contributed by atoms with van der Waals surface area (Å²) in [5.74, 6) is -0.979. The van der Waals surface area contributed by atoms with Gasteiger partial charge in [-0.05, 0) is 68.5 Å². The average molecular weight is 379 g/mol. The van der Waals surface area contributed by atoms with Gasteiger partial charge in [0.2, 0.25) is 0 Å². The van der Waals surface area contributed by atoms with Crippen LogP contribution in [0.3, 0.4) is 0 Å². The topological polar surface area (TPSA) is 46.2 Å². The standard InChI is InChI=1S/C20H23F2NO2S/c1-23-17-7-2-14(3-8-17)13-26(24,25)18-9-4-15(5-10-18)19-11-6-16(21)12-20(19)22/h4-6,9-12,14,17,23H,2-3,7-8,13H2,1H3. The fraction of sp³-hybridized carbons (Fsp3) is 0.400. The molecule has 0 radical (unpaired) electrons. The number of benzene rings is 2. The van der Waals surface area contributed by atoms with E-state index in [1.807, 2.05) is 7.05 Å². The van der Waals surface area contributed by atoms with E-state index in [9.17, 15) is 17.2 Å². The van der Waals surface area contributed by atoms with Crippen molar-refractivity contribution in [2.75, 3.05) is 12.8 Å². The molecule has 3 rings (SSSR count). The molecular weight excluding hydrogens is 356 g/mol. The summed E-state index contributed by atoms with van der Waals surface area (Å²) in [6.07, 6.45) is 3.81. The van der Waals surface area contributed by atoms with E-state index in [1.165, 1.54) is 24.3 Å². The molecular formula is C20H23F2NO2S. The van der Waals surface area contributed by atoms with Gasteiger partial charge in [-0.15, -0.1) is 0 Å². The molecule has 0 spiro atoms. The van der Waals surface area contributed by atoms with E-state index in [-0.39, 0.29) is 22.1 Å². The Hall–Kier alpha value is -1.79. The van der Waals surface area contributed by atoms with E-state index in [4.69, 9.17) is 0 Å². The van der Waals surface area contributed by atoms with Crippen molar-refractivity contribution in [2.45, 2.75) is 36.6 Å². The summed E-state index contributed by atoms with van der Waals surface area (Å²) >= 11 is 0. The van der Waals surface area contributed by atoms with E-state index in [0.717, 1.165) is 31.7 Å². The zero-order valence-corrected chi connectivity index (χ0v) is 15.5. The second-order valence-electron chi connectivity index (χ2n) is 6.94. The van der Waals surface area contributed by atoms with E-state index in [0.29, 0.717) is 11.6 Å². The maximum absolute atomic E-state index is 13.9. The molecule has 0 saturated heterocycles. The maximum Gasteiger partial charge on any atom is 0.178 e. The van der Waals surface area contributed by atoms with Gasteiger partial charge in [0.05, 0.1) is 10.6 Å². The molecule has 0 aliphatic heterocycles. The zero-order valence-electron chi connectivity index (χ0n) is 14.7. The van der Waals surface area contributed by atoms with Crippen LogP contribution in [0.1, 0.15) is 25.7 Å². The summed E-state index contributed by atoms with van der Waals surface area (Å²) in [5, 5.41) is 3.25. The van der Waals surface area contributed by atoms with Crippen molar-refractivity contribution in [1.82, 2.24) is 5.32 Å². The first kappa shape index (κ1) is 19.0. The van der Waals surface area contributed by atoms with Gasteiger partial charge in [0.1, 0.15) is 11.6 Å². The quantitative estimate of drug-likeness (QED) is 0.848. The van der Waals surface area contributed by atoms with Crippen LogP contribution in [-0.2, 0) is 9.84 Å². The van der Waals surface area contributed by atoms with Gasteiger partial charge < -0.3 is 5.32 Å². The van der Waals surface area contributed by atoms with Crippen molar-refractivity contribution in [3.05, 3.63) is 54.1 Å². The van der Waals surface area contributed by atoms with Crippen molar-refractivity contribution in [3.8, 4) is 11.1 Å². The van der Waals surface area contributed by atoms with Crippen molar-refractivity contribution in [3.63, 3.8) is 0 Å². The predicted molar refractivity (Wildman–Crippen MR) is 98.7 cm³/mol. The number of rotatable bonds is 5. The third kappa shape index (κ3) is 4.30. The van der Waals surface area contributed by atoms with Gasteiger partial charge in [-0.25, -0.2) is 17.2 Å². The van der Waals surface area contributed by atoms with Crippen LogP contribution < -0.4 is 5.32 Å². The number of nitrogens with one attached hydrogen (secondary N) is 1. The zero-order chi connectivity index (χ0) is 18.7. The van der Waals surface area contributed by atoms with Crippen LogP contribution in [0.15, 0.2) is 47.4 Å². The summed E-state index contributed by atoms with van der Waals surface area (Å²) in [6.45, 7) is 0. The van der Waals surface area contributed by atoms with E-state index in [1.54, 1.807) is 12.1 Å². The van der Waals surface area contributed by atoms with Crippen LogP contribution in [0.25, 0.3) is 11.1 Å². The fourth-order valence-corrected chi connectivity index (χ4v) is 5.29. The van der Waals surface area contributed by atoms with Crippen molar-refractivity contribution in [1.29, 1.82) is 0 Å². The van der Waals surface area contributed by atoms with E-state index in [2.05, 4.69) is 5.32 Å². The third-order valence-corrected chi connectivity index (χ3v) is 7.07. The molecule has 0 aromatic heterocycles. The Kier molecular flexibility index (Phi) is 5.73.